The molecule has 3 N–H and O–H groups in total. The molecule has 0 saturated carbocycles. The van der Waals surface area contributed by atoms with Gasteiger partial charge in [0.2, 0.25) is 5.91 Å². The van der Waals surface area contributed by atoms with Crippen LogP contribution in [0.1, 0.15) is 32.3 Å². The van der Waals surface area contributed by atoms with Crippen molar-refractivity contribution in [1.82, 2.24) is 5.32 Å². The Kier molecular flexibility index (Phi) is 11.3. The summed E-state index contributed by atoms with van der Waals surface area (Å²) >= 11 is 1.33. The van der Waals surface area contributed by atoms with Gasteiger partial charge in [-0.1, -0.05) is 78.9 Å². The highest BCUT2D eigenvalue weighted by atomic mass is 32.2. The molecule has 242 valence electrons. The maximum Gasteiger partial charge on any atom is 0.272 e. The molecule has 48 heavy (non-hydrogen) atoms. The molecule has 0 aliphatic rings. The van der Waals surface area contributed by atoms with Gasteiger partial charge in [-0.2, -0.15) is 0 Å². The van der Waals surface area contributed by atoms with Crippen LogP contribution in [0.5, 0.6) is 11.5 Å². The van der Waals surface area contributed by atoms with Gasteiger partial charge in [-0.25, -0.2) is 0 Å². The number of hydrogen-bond acceptors (Lipinski definition) is 6. The van der Waals surface area contributed by atoms with E-state index in [4.69, 9.17) is 9.47 Å². The molecule has 0 bridgehead atoms. The average Bonchev–Trinajstić information content (AvgIpc) is 3.12. The minimum absolute atomic E-state index is 0.0879. The molecular weight excluding hydrogens is 623 g/mol. The van der Waals surface area contributed by atoms with E-state index in [1.807, 2.05) is 73.7 Å². The summed E-state index contributed by atoms with van der Waals surface area (Å²) in [5.41, 5.74) is 4.03. The number of hydrogen-bond donors (Lipinski definition) is 3. The zero-order chi connectivity index (χ0) is 33.9. The van der Waals surface area contributed by atoms with E-state index in [2.05, 4.69) is 16.0 Å². The van der Waals surface area contributed by atoms with Crippen molar-refractivity contribution in [3.8, 4) is 11.5 Å². The number of carbonyl (C=O) groups excluding carboxylic acids is 3. The van der Waals surface area contributed by atoms with Crippen molar-refractivity contribution in [2.75, 3.05) is 24.9 Å². The van der Waals surface area contributed by atoms with Gasteiger partial charge >= 0.3 is 0 Å². The van der Waals surface area contributed by atoms with Crippen molar-refractivity contribution < 1.29 is 23.9 Å². The Morgan fingerprint density at radius 1 is 0.729 bits per heavy atom. The maximum absolute atomic E-state index is 13.8. The van der Waals surface area contributed by atoms with E-state index in [1.54, 1.807) is 73.8 Å². The topological polar surface area (TPSA) is 106 Å². The number of carbonyl (C=O) groups is 3. The summed E-state index contributed by atoms with van der Waals surface area (Å²) in [6.07, 6.45) is 1.66. The largest absolute Gasteiger partial charge is 0.497 e. The van der Waals surface area contributed by atoms with Crippen LogP contribution in [0.25, 0.3) is 6.08 Å². The molecule has 0 fully saturated rings. The summed E-state index contributed by atoms with van der Waals surface area (Å²) in [4.78, 5) is 41.3. The molecule has 3 amide bonds. The number of aryl methyl sites for hydroxylation is 1. The van der Waals surface area contributed by atoms with Crippen LogP contribution in [-0.2, 0) is 9.59 Å². The highest BCUT2D eigenvalue weighted by Crippen LogP contribution is 2.38. The van der Waals surface area contributed by atoms with Crippen molar-refractivity contribution >= 4 is 46.9 Å². The Morgan fingerprint density at radius 3 is 2.15 bits per heavy atom. The Bertz CT molecular complexity index is 1930. The lowest BCUT2D eigenvalue weighted by Crippen LogP contribution is -2.30. The predicted molar refractivity (Wildman–Crippen MR) is 191 cm³/mol. The van der Waals surface area contributed by atoms with Gasteiger partial charge in [-0.05, 0) is 72.2 Å². The monoisotopic (exact) mass is 657 g/mol. The number of benzene rings is 5. The molecular formula is C39H35N3O5S. The molecule has 9 heteroatoms. The van der Waals surface area contributed by atoms with E-state index in [0.29, 0.717) is 28.4 Å². The van der Waals surface area contributed by atoms with Crippen LogP contribution in [0.4, 0.5) is 11.4 Å². The summed E-state index contributed by atoms with van der Waals surface area (Å²) in [7, 11) is 3.09. The normalized spacial score (nSPS) is 11.6. The first kappa shape index (κ1) is 33.6. The van der Waals surface area contributed by atoms with Crippen molar-refractivity contribution in [1.29, 1.82) is 0 Å². The minimum atomic E-state index is -0.644. The minimum Gasteiger partial charge on any atom is -0.497 e. The van der Waals surface area contributed by atoms with Crippen LogP contribution in [0, 0.1) is 6.92 Å². The zero-order valence-electron chi connectivity index (χ0n) is 26.7. The third-order valence-corrected chi connectivity index (χ3v) is 8.62. The molecule has 0 aliphatic heterocycles. The fraction of sp³-hybridized carbons (Fsp3) is 0.103. The fourth-order valence-electron chi connectivity index (χ4n) is 4.84. The molecule has 0 radical (unpaired) electrons. The van der Waals surface area contributed by atoms with Gasteiger partial charge in [-0.15, -0.1) is 11.8 Å². The summed E-state index contributed by atoms with van der Waals surface area (Å²) < 4.78 is 10.8. The third-order valence-electron chi connectivity index (χ3n) is 7.37. The average molecular weight is 658 g/mol. The zero-order valence-corrected chi connectivity index (χ0v) is 27.5. The second kappa shape index (κ2) is 16.2. The van der Waals surface area contributed by atoms with E-state index in [0.717, 1.165) is 21.6 Å². The van der Waals surface area contributed by atoms with Crippen LogP contribution in [0.2, 0.25) is 0 Å². The van der Waals surface area contributed by atoms with E-state index in [9.17, 15) is 14.4 Å². The lowest BCUT2D eigenvalue weighted by molar-refractivity contribution is -0.116. The highest BCUT2D eigenvalue weighted by molar-refractivity contribution is 8.00. The third kappa shape index (κ3) is 8.71. The number of nitrogens with one attached hydrogen (secondary N) is 3. The van der Waals surface area contributed by atoms with Crippen LogP contribution >= 0.6 is 11.8 Å². The van der Waals surface area contributed by atoms with Crippen molar-refractivity contribution in [2.24, 2.45) is 0 Å². The molecule has 0 aliphatic carbocycles. The number of rotatable bonds is 12. The van der Waals surface area contributed by atoms with Crippen LogP contribution in [-0.4, -0.2) is 31.9 Å². The van der Waals surface area contributed by atoms with Crippen LogP contribution < -0.4 is 25.4 Å². The standard InChI is InChI=1S/C39H35N3O5S/c1-26-13-10-11-18-29(26)23-34(42-37(43)28-16-8-5-9-17-28)38(44)40-30-19-12-20-32(24-30)48-36(27-14-6-4-7-15-27)39(45)41-33-25-31(46-2)21-22-35(33)47-3/h4-25,36H,1-3H3,(H,40,44)(H,41,45)(H,42,43)/b34-23-. The Morgan fingerprint density at radius 2 is 1.44 bits per heavy atom. The summed E-state index contributed by atoms with van der Waals surface area (Å²) in [5.74, 6) is -0.0838. The van der Waals surface area contributed by atoms with Gasteiger partial charge in [-0.3, -0.25) is 14.4 Å². The van der Waals surface area contributed by atoms with Crippen molar-refractivity contribution in [3.05, 3.63) is 155 Å². The number of thioether (sulfide) groups is 1. The summed E-state index contributed by atoms with van der Waals surface area (Å²) in [6.45, 7) is 1.94. The molecule has 5 rings (SSSR count). The van der Waals surface area contributed by atoms with Gasteiger partial charge in [0.1, 0.15) is 22.4 Å². The first-order chi connectivity index (χ1) is 23.3. The molecule has 5 aromatic carbocycles. The molecule has 0 aromatic heterocycles. The van der Waals surface area contributed by atoms with Gasteiger partial charge in [0, 0.05) is 22.2 Å². The second-order valence-electron chi connectivity index (χ2n) is 10.7. The first-order valence-electron chi connectivity index (χ1n) is 15.1. The molecule has 0 spiro atoms. The number of amides is 3. The number of anilines is 2. The lowest BCUT2D eigenvalue weighted by Gasteiger charge is -2.19. The second-order valence-corrected chi connectivity index (χ2v) is 11.9. The Balaban J connectivity index is 1.39. The molecule has 1 unspecified atom stereocenters. The number of ether oxygens (including phenoxy) is 2. The van der Waals surface area contributed by atoms with E-state index >= 15 is 0 Å². The number of methoxy groups -OCH3 is 2. The molecule has 0 heterocycles. The van der Waals surface area contributed by atoms with Crippen LogP contribution in [0.15, 0.2) is 138 Å². The lowest BCUT2D eigenvalue weighted by atomic mass is 10.1. The summed E-state index contributed by atoms with van der Waals surface area (Å²) in [6, 6.07) is 38.2. The Hall–Kier alpha value is -5.80. The highest BCUT2D eigenvalue weighted by Gasteiger charge is 2.24. The van der Waals surface area contributed by atoms with Crippen LogP contribution in [0.3, 0.4) is 0 Å². The molecule has 8 nitrogen and oxygen atoms in total. The quantitative estimate of drug-likeness (QED) is 0.0931. The summed E-state index contributed by atoms with van der Waals surface area (Å²) in [5, 5.41) is 8.06. The van der Waals surface area contributed by atoms with E-state index in [1.165, 1.54) is 18.9 Å². The molecule has 1 atom stereocenters. The maximum atomic E-state index is 13.8. The van der Waals surface area contributed by atoms with Gasteiger partial charge in [0.15, 0.2) is 0 Å². The first-order valence-corrected chi connectivity index (χ1v) is 16.0. The fourth-order valence-corrected chi connectivity index (χ4v) is 5.92. The predicted octanol–water partition coefficient (Wildman–Crippen LogP) is 7.89. The van der Waals surface area contributed by atoms with E-state index in [-0.39, 0.29) is 11.6 Å². The molecule has 0 saturated heterocycles. The SMILES string of the molecule is COc1ccc(OC)c(NC(=O)C(Sc2cccc(NC(=O)/C(=C/c3ccccc3C)NC(=O)c3ccccc3)c2)c2ccccc2)c1. The van der Waals surface area contributed by atoms with Gasteiger partial charge in [0.25, 0.3) is 11.8 Å². The smallest absolute Gasteiger partial charge is 0.272 e. The molecule has 5 aromatic rings. The van der Waals surface area contributed by atoms with Crippen molar-refractivity contribution in [2.45, 2.75) is 17.1 Å². The van der Waals surface area contributed by atoms with Gasteiger partial charge in [0.05, 0.1) is 19.9 Å². The Labute approximate surface area is 284 Å². The van der Waals surface area contributed by atoms with Crippen molar-refractivity contribution in [3.63, 3.8) is 0 Å². The van der Waals surface area contributed by atoms with E-state index < -0.39 is 17.1 Å². The van der Waals surface area contributed by atoms with Gasteiger partial charge < -0.3 is 25.4 Å².